The lowest BCUT2D eigenvalue weighted by atomic mass is 10.1. The molecule has 3 nitrogen and oxygen atoms in total. The zero-order valence-corrected chi connectivity index (χ0v) is 13.1. The van der Waals surface area contributed by atoms with Crippen molar-refractivity contribution in [2.75, 3.05) is 37.5 Å². The van der Waals surface area contributed by atoms with Gasteiger partial charge in [0.05, 0.1) is 0 Å². The number of rotatable bonds is 7. The van der Waals surface area contributed by atoms with Crippen molar-refractivity contribution >= 4 is 23.4 Å². The van der Waals surface area contributed by atoms with Crippen molar-refractivity contribution in [2.45, 2.75) is 20.3 Å². The Balaban J connectivity index is 2.73. The van der Waals surface area contributed by atoms with Crippen LogP contribution in [0.5, 0.6) is 0 Å². The monoisotopic (exact) mass is 280 g/mol. The van der Waals surface area contributed by atoms with E-state index in [0.29, 0.717) is 0 Å². The van der Waals surface area contributed by atoms with Crippen LogP contribution in [0.15, 0.2) is 18.2 Å². The number of aryl methyl sites for hydroxylation is 1. The molecule has 0 unspecified atom stereocenters. The molecule has 0 saturated carbocycles. The van der Waals surface area contributed by atoms with Crippen LogP contribution >= 0.6 is 11.8 Å². The van der Waals surface area contributed by atoms with E-state index in [4.69, 9.17) is 0 Å². The molecule has 19 heavy (non-hydrogen) atoms. The molecule has 1 amide bonds. The molecular formula is C15H24N2OS. The van der Waals surface area contributed by atoms with E-state index >= 15 is 0 Å². The van der Waals surface area contributed by atoms with E-state index in [2.05, 4.69) is 18.5 Å². The minimum Gasteiger partial charge on any atom is -0.385 e. The van der Waals surface area contributed by atoms with Crippen molar-refractivity contribution in [3.8, 4) is 0 Å². The topological polar surface area (TPSA) is 32.3 Å². The first-order chi connectivity index (χ1) is 9.10. The summed E-state index contributed by atoms with van der Waals surface area (Å²) in [5.41, 5.74) is 3.01. The van der Waals surface area contributed by atoms with Gasteiger partial charge in [-0.3, -0.25) is 4.79 Å². The predicted octanol–water partition coefficient (Wildman–Crippen LogP) is 3.25. The van der Waals surface area contributed by atoms with Crippen molar-refractivity contribution in [1.82, 2.24) is 4.90 Å². The second kappa shape index (κ2) is 8.10. The summed E-state index contributed by atoms with van der Waals surface area (Å²) in [6.45, 7) is 5.92. The van der Waals surface area contributed by atoms with E-state index in [1.54, 1.807) is 16.7 Å². The van der Waals surface area contributed by atoms with Gasteiger partial charge in [0.2, 0.25) is 0 Å². The molecule has 1 aromatic rings. The quantitative estimate of drug-likeness (QED) is 0.832. The van der Waals surface area contributed by atoms with Crippen LogP contribution in [0.25, 0.3) is 0 Å². The number of thioether (sulfide) groups is 1. The van der Waals surface area contributed by atoms with E-state index in [1.165, 1.54) is 0 Å². The zero-order valence-electron chi connectivity index (χ0n) is 12.3. The minimum atomic E-state index is 0.0965. The number of amides is 1. The lowest BCUT2D eigenvalue weighted by Crippen LogP contribution is -2.28. The second-order valence-corrected chi connectivity index (χ2v) is 5.66. The van der Waals surface area contributed by atoms with Crippen LogP contribution in [0, 0.1) is 6.92 Å². The Labute approximate surface area is 120 Å². The number of hydrogen-bond acceptors (Lipinski definition) is 3. The standard InChI is InChI=1S/C15H24N2OS/c1-5-8-16-14-7-6-13(11-12(14)2)15(18)17(3)9-10-19-4/h6-7,11,16H,5,8-10H2,1-4H3. The lowest BCUT2D eigenvalue weighted by Gasteiger charge is -2.17. The smallest absolute Gasteiger partial charge is 0.253 e. The molecule has 0 bridgehead atoms. The fourth-order valence-corrected chi connectivity index (χ4v) is 2.26. The third-order valence-electron chi connectivity index (χ3n) is 3.02. The van der Waals surface area contributed by atoms with Crippen LogP contribution in [0.4, 0.5) is 5.69 Å². The molecule has 0 spiro atoms. The normalized spacial score (nSPS) is 10.3. The zero-order chi connectivity index (χ0) is 14.3. The summed E-state index contributed by atoms with van der Waals surface area (Å²) in [6.07, 6.45) is 3.15. The summed E-state index contributed by atoms with van der Waals surface area (Å²) in [7, 11) is 1.86. The van der Waals surface area contributed by atoms with Gasteiger partial charge in [-0.25, -0.2) is 0 Å². The summed E-state index contributed by atoms with van der Waals surface area (Å²) in [5, 5.41) is 3.36. The number of carbonyl (C=O) groups excluding carboxylic acids is 1. The lowest BCUT2D eigenvalue weighted by molar-refractivity contribution is 0.0803. The third kappa shape index (κ3) is 4.78. The SMILES string of the molecule is CCCNc1ccc(C(=O)N(C)CCSC)cc1C. The van der Waals surface area contributed by atoms with Crippen molar-refractivity contribution in [2.24, 2.45) is 0 Å². The highest BCUT2D eigenvalue weighted by Gasteiger charge is 2.12. The number of hydrogen-bond donors (Lipinski definition) is 1. The van der Waals surface area contributed by atoms with Gasteiger partial charge in [0.25, 0.3) is 5.91 Å². The van der Waals surface area contributed by atoms with E-state index in [1.807, 2.05) is 32.2 Å². The van der Waals surface area contributed by atoms with E-state index in [-0.39, 0.29) is 5.91 Å². The van der Waals surface area contributed by atoms with Gasteiger partial charge in [-0.05, 0) is 43.4 Å². The van der Waals surface area contributed by atoms with Crippen molar-refractivity contribution < 1.29 is 4.79 Å². The average molecular weight is 280 g/mol. The van der Waals surface area contributed by atoms with Gasteiger partial charge in [0.15, 0.2) is 0 Å². The van der Waals surface area contributed by atoms with E-state index in [0.717, 1.165) is 42.1 Å². The maximum Gasteiger partial charge on any atom is 0.253 e. The Bertz CT molecular complexity index is 421. The largest absolute Gasteiger partial charge is 0.385 e. The van der Waals surface area contributed by atoms with E-state index in [9.17, 15) is 4.79 Å². The maximum absolute atomic E-state index is 12.2. The molecule has 0 aromatic heterocycles. The number of benzene rings is 1. The molecule has 0 atom stereocenters. The third-order valence-corrected chi connectivity index (χ3v) is 3.61. The fraction of sp³-hybridized carbons (Fsp3) is 0.533. The van der Waals surface area contributed by atoms with Crippen molar-refractivity contribution in [1.29, 1.82) is 0 Å². The van der Waals surface area contributed by atoms with Crippen LogP contribution in [-0.4, -0.2) is 43.0 Å². The molecule has 1 aromatic carbocycles. The molecule has 1 N–H and O–H groups in total. The molecule has 0 saturated heterocycles. The number of nitrogens with zero attached hydrogens (tertiary/aromatic N) is 1. The molecule has 0 radical (unpaired) electrons. The highest BCUT2D eigenvalue weighted by atomic mass is 32.2. The van der Waals surface area contributed by atoms with Gasteiger partial charge in [0, 0.05) is 37.1 Å². The summed E-state index contributed by atoms with van der Waals surface area (Å²) in [4.78, 5) is 14.0. The number of anilines is 1. The van der Waals surface area contributed by atoms with Gasteiger partial charge in [-0.2, -0.15) is 11.8 Å². The van der Waals surface area contributed by atoms with Gasteiger partial charge < -0.3 is 10.2 Å². The Hall–Kier alpha value is -1.16. The molecule has 0 aliphatic carbocycles. The Kier molecular flexibility index (Phi) is 6.78. The maximum atomic E-state index is 12.2. The van der Waals surface area contributed by atoms with Crippen molar-refractivity contribution in [3.63, 3.8) is 0 Å². The highest BCUT2D eigenvalue weighted by molar-refractivity contribution is 7.98. The van der Waals surface area contributed by atoms with Crippen LogP contribution < -0.4 is 5.32 Å². The molecular weight excluding hydrogens is 256 g/mol. The van der Waals surface area contributed by atoms with Crippen LogP contribution in [-0.2, 0) is 0 Å². The Morgan fingerprint density at radius 2 is 2.16 bits per heavy atom. The summed E-state index contributed by atoms with van der Waals surface area (Å²) >= 11 is 1.75. The van der Waals surface area contributed by atoms with Crippen LogP contribution in [0.3, 0.4) is 0 Å². The van der Waals surface area contributed by atoms with Crippen LogP contribution in [0.2, 0.25) is 0 Å². The molecule has 106 valence electrons. The first-order valence-electron chi connectivity index (χ1n) is 6.69. The molecule has 4 heteroatoms. The van der Waals surface area contributed by atoms with Gasteiger partial charge >= 0.3 is 0 Å². The molecule has 0 aliphatic rings. The van der Waals surface area contributed by atoms with Gasteiger partial charge in [-0.15, -0.1) is 0 Å². The van der Waals surface area contributed by atoms with Crippen LogP contribution in [0.1, 0.15) is 29.3 Å². The fourth-order valence-electron chi connectivity index (χ4n) is 1.80. The van der Waals surface area contributed by atoms with E-state index < -0.39 is 0 Å². The Morgan fingerprint density at radius 3 is 2.74 bits per heavy atom. The first-order valence-corrected chi connectivity index (χ1v) is 8.08. The highest BCUT2D eigenvalue weighted by Crippen LogP contribution is 2.17. The Morgan fingerprint density at radius 1 is 1.42 bits per heavy atom. The number of nitrogens with one attached hydrogen (secondary N) is 1. The summed E-state index contributed by atoms with van der Waals surface area (Å²) in [6, 6.07) is 5.87. The molecule has 0 aliphatic heterocycles. The van der Waals surface area contributed by atoms with Gasteiger partial charge in [-0.1, -0.05) is 6.92 Å². The average Bonchev–Trinajstić information content (AvgIpc) is 2.42. The van der Waals surface area contributed by atoms with Crippen molar-refractivity contribution in [3.05, 3.63) is 29.3 Å². The molecule has 1 rings (SSSR count). The summed E-state index contributed by atoms with van der Waals surface area (Å²) < 4.78 is 0. The summed E-state index contributed by atoms with van der Waals surface area (Å²) in [5.74, 6) is 1.07. The predicted molar refractivity (Wildman–Crippen MR) is 85.3 cm³/mol. The minimum absolute atomic E-state index is 0.0965. The van der Waals surface area contributed by atoms with Gasteiger partial charge in [0.1, 0.15) is 0 Å². The second-order valence-electron chi connectivity index (χ2n) is 4.68. The first kappa shape index (κ1) is 15.9. The molecule has 0 fully saturated rings. The molecule has 0 heterocycles. The number of carbonyl (C=O) groups is 1.